The van der Waals surface area contributed by atoms with Crippen LogP contribution in [0.15, 0.2) is 30.3 Å². The Balaban J connectivity index is 1.49. The van der Waals surface area contributed by atoms with E-state index in [9.17, 15) is 14.0 Å². The van der Waals surface area contributed by atoms with Crippen molar-refractivity contribution in [2.75, 3.05) is 13.1 Å². The van der Waals surface area contributed by atoms with Gasteiger partial charge in [0.1, 0.15) is 5.82 Å². The molecule has 0 saturated carbocycles. The van der Waals surface area contributed by atoms with Crippen molar-refractivity contribution in [2.24, 2.45) is 11.7 Å². The van der Waals surface area contributed by atoms with Crippen molar-refractivity contribution in [3.8, 4) is 0 Å². The van der Waals surface area contributed by atoms with Crippen LogP contribution < -0.4 is 11.1 Å². The maximum Gasteiger partial charge on any atom is 0.317 e. The lowest BCUT2D eigenvalue weighted by atomic mass is 9.91. The van der Waals surface area contributed by atoms with Crippen LogP contribution in [-0.4, -0.2) is 36.0 Å². The van der Waals surface area contributed by atoms with Gasteiger partial charge in [0.05, 0.1) is 0 Å². The lowest BCUT2D eigenvalue weighted by molar-refractivity contribution is -0.123. The summed E-state index contributed by atoms with van der Waals surface area (Å²) < 4.78 is 13.0. The summed E-state index contributed by atoms with van der Waals surface area (Å²) in [6.45, 7) is 1.14. The maximum atomic E-state index is 13.0. The van der Waals surface area contributed by atoms with Crippen molar-refractivity contribution < 1.29 is 14.0 Å². The number of nitrogens with one attached hydrogen (secondary N) is 1. The summed E-state index contributed by atoms with van der Waals surface area (Å²) in [4.78, 5) is 25.3. The smallest absolute Gasteiger partial charge is 0.317 e. The van der Waals surface area contributed by atoms with E-state index in [2.05, 4.69) is 11.4 Å². The van der Waals surface area contributed by atoms with Crippen LogP contribution in [0.5, 0.6) is 0 Å². The van der Waals surface area contributed by atoms with Gasteiger partial charge in [-0.1, -0.05) is 18.2 Å². The van der Waals surface area contributed by atoms with Gasteiger partial charge in [-0.15, -0.1) is 0 Å². The van der Waals surface area contributed by atoms with E-state index in [1.165, 1.54) is 17.7 Å². The Kier molecular flexibility index (Phi) is 5.36. The van der Waals surface area contributed by atoms with Crippen molar-refractivity contribution in [3.63, 3.8) is 0 Å². The molecule has 1 aliphatic carbocycles. The molecule has 1 fully saturated rings. The van der Waals surface area contributed by atoms with Crippen LogP contribution in [-0.2, 0) is 4.79 Å². The number of allylic oxidation sites excluding steroid dienone is 1. The third-order valence-electron chi connectivity index (χ3n) is 5.14. The Hall–Kier alpha value is -2.37. The number of primary amides is 1. The first-order valence-electron chi connectivity index (χ1n) is 8.82. The van der Waals surface area contributed by atoms with E-state index in [4.69, 9.17) is 5.73 Å². The highest BCUT2D eigenvalue weighted by molar-refractivity contribution is 5.78. The highest BCUT2D eigenvalue weighted by Gasteiger charge is 2.27. The van der Waals surface area contributed by atoms with Crippen LogP contribution in [0.4, 0.5) is 9.18 Å². The average Bonchev–Trinajstić information content (AvgIpc) is 2.63. The quantitative estimate of drug-likeness (QED) is 0.884. The average molecular weight is 345 g/mol. The highest BCUT2D eigenvalue weighted by atomic mass is 19.1. The van der Waals surface area contributed by atoms with Crippen molar-refractivity contribution in [1.29, 1.82) is 0 Å². The largest absolute Gasteiger partial charge is 0.369 e. The molecule has 1 aromatic rings. The molecule has 0 bridgehead atoms. The zero-order valence-corrected chi connectivity index (χ0v) is 14.2. The number of carbonyl (C=O) groups is 2. The first-order valence-corrected chi connectivity index (χ1v) is 8.82. The van der Waals surface area contributed by atoms with E-state index in [0.29, 0.717) is 25.9 Å². The summed E-state index contributed by atoms with van der Waals surface area (Å²) in [6.07, 6.45) is 5.91. The molecule has 1 atom stereocenters. The molecule has 3 amide bonds. The fraction of sp³-hybridized carbons (Fsp3) is 0.474. The molecule has 134 valence electrons. The first-order chi connectivity index (χ1) is 12.0. The number of benzene rings is 1. The van der Waals surface area contributed by atoms with Crippen LogP contribution in [0.1, 0.15) is 37.7 Å². The molecule has 0 spiro atoms. The number of halogens is 1. The summed E-state index contributed by atoms with van der Waals surface area (Å²) in [6, 6.07) is 6.59. The third-order valence-corrected chi connectivity index (χ3v) is 5.14. The molecule has 1 saturated heterocycles. The number of hydrogen-bond donors (Lipinski definition) is 2. The van der Waals surface area contributed by atoms with Gasteiger partial charge in [0.25, 0.3) is 0 Å². The number of nitrogens with two attached hydrogens (primary N) is 1. The lowest BCUT2D eigenvalue weighted by Gasteiger charge is -2.32. The molecule has 6 heteroatoms. The molecule has 25 heavy (non-hydrogen) atoms. The number of amides is 3. The first kappa shape index (κ1) is 17.5. The second kappa shape index (κ2) is 7.68. The molecule has 1 aromatic carbocycles. The van der Waals surface area contributed by atoms with Crippen molar-refractivity contribution in [1.82, 2.24) is 10.2 Å². The molecular formula is C19H24FN3O2. The second-order valence-corrected chi connectivity index (χ2v) is 6.82. The number of rotatable bonds is 3. The summed E-state index contributed by atoms with van der Waals surface area (Å²) >= 11 is 0. The molecular weight excluding hydrogens is 321 g/mol. The lowest BCUT2D eigenvalue weighted by Crippen LogP contribution is -2.49. The topological polar surface area (TPSA) is 75.4 Å². The molecule has 1 aliphatic heterocycles. The van der Waals surface area contributed by atoms with Gasteiger partial charge in [-0.25, -0.2) is 9.18 Å². The summed E-state index contributed by atoms with van der Waals surface area (Å²) in [7, 11) is 0. The molecule has 3 rings (SSSR count). The van der Waals surface area contributed by atoms with Crippen LogP contribution >= 0.6 is 0 Å². The van der Waals surface area contributed by atoms with Crippen LogP contribution in [0, 0.1) is 11.7 Å². The fourth-order valence-corrected chi connectivity index (χ4v) is 3.52. The fourth-order valence-electron chi connectivity index (χ4n) is 3.52. The summed E-state index contributed by atoms with van der Waals surface area (Å²) in [5, 5.41) is 3.08. The van der Waals surface area contributed by atoms with E-state index < -0.39 is 0 Å². The second-order valence-electron chi connectivity index (χ2n) is 6.82. The third kappa shape index (κ3) is 4.38. The van der Waals surface area contributed by atoms with Gasteiger partial charge in [-0.2, -0.15) is 0 Å². The van der Waals surface area contributed by atoms with Crippen molar-refractivity contribution in [3.05, 3.63) is 41.7 Å². The Morgan fingerprint density at radius 1 is 1.12 bits per heavy atom. The Labute approximate surface area is 147 Å². The Bertz CT molecular complexity index is 664. The van der Waals surface area contributed by atoms with Crippen molar-refractivity contribution in [2.45, 2.75) is 38.1 Å². The molecule has 5 nitrogen and oxygen atoms in total. The minimum atomic E-state index is -0.272. The van der Waals surface area contributed by atoms with Gasteiger partial charge in [0.2, 0.25) is 5.91 Å². The number of carbonyl (C=O) groups excluding carboxylic acids is 2. The van der Waals surface area contributed by atoms with E-state index in [1.54, 1.807) is 17.0 Å². The molecule has 0 aromatic heterocycles. The monoisotopic (exact) mass is 345 g/mol. The Morgan fingerprint density at radius 2 is 1.80 bits per heavy atom. The zero-order chi connectivity index (χ0) is 17.8. The molecule has 0 radical (unpaired) electrons. The van der Waals surface area contributed by atoms with Crippen LogP contribution in [0.3, 0.4) is 0 Å². The highest BCUT2D eigenvalue weighted by Crippen LogP contribution is 2.27. The van der Waals surface area contributed by atoms with Gasteiger partial charge in [-0.05, 0) is 55.4 Å². The van der Waals surface area contributed by atoms with Crippen LogP contribution in [0.2, 0.25) is 0 Å². The number of nitrogens with zero attached hydrogens (tertiary/aromatic N) is 1. The standard InChI is InChI=1S/C19H24FN3O2/c20-16-5-1-13(2-6-16)14-3-7-17(8-4-14)22-19(25)23-11-9-15(10-12-23)18(21)24/h1-3,5-6,15,17H,4,7-12H2,(H2,21,24)(H,22,25)/t17-/m0/s1. The number of piperidine rings is 1. The van der Waals surface area contributed by atoms with Gasteiger partial charge in [0.15, 0.2) is 0 Å². The molecule has 3 N–H and O–H groups in total. The Morgan fingerprint density at radius 3 is 2.36 bits per heavy atom. The normalized spacial score (nSPS) is 21.6. The van der Waals surface area contributed by atoms with E-state index in [1.807, 2.05) is 0 Å². The molecule has 2 aliphatic rings. The van der Waals surface area contributed by atoms with Gasteiger partial charge >= 0.3 is 6.03 Å². The summed E-state index contributed by atoms with van der Waals surface area (Å²) in [5.41, 5.74) is 7.57. The summed E-state index contributed by atoms with van der Waals surface area (Å²) in [5.74, 6) is -0.615. The van der Waals surface area contributed by atoms with E-state index in [0.717, 1.165) is 24.8 Å². The number of likely N-dealkylation sites (tertiary alicyclic amines) is 1. The van der Waals surface area contributed by atoms with Gasteiger partial charge in [0, 0.05) is 25.0 Å². The predicted octanol–water partition coefficient (Wildman–Crippen LogP) is 2.67. The predicted molar refractivity (Wildman–Crippen MR) is 94.0 cm³/mol. The van der Waals surface area contributed by atoms with Crippen molar-refractivity contribution >= 4 is 17.5 Å². The number of hydrogen-bond acceptors (Lipinski definition) is 2. The molecule has 1 heterocycles. The van der Waals surface area contributed by atoms with E-state index in [-0.39, 0.29) is 29.7 Å². The van der Waals surface area contributed by atoms with E-state index >= 15 is 0 Å². The van der Waals surface area contributed by atoms with Gasteiger partial charge in [-0.3, -0.25) is 4.79 Å². The SMILES string of the molecule is NC(=O)C1CCN(C(=O)N[C@H]2CC=C(c3ccc(F)cc3)CC2)CC1. The van der Waals surface area contributed by atoms with Crippen LogP contribution in [0.25, 0.3) is 5.57 Å². The minimum Gasteiger partial charge on any atom is -0.369 e. The maximum absolute atomic E-state index is 13.0. The zero-order valence-electron chi connectivity index (χ0n) is 14.2. The molecule has 0 unspecified atom stereocenters. The van der Waals surface area contributed by atoms with Gasteiger partial charge < -0.3 is 16.0 Å². The minimum absolute atomic E-state index is 0.0634. The number of urea groups is 1.